The first-order valence-corrected chi connectivity index (χ1v) is 6.88. The number of phenols is 1. The van der Waals surface area contributed by atoms with Crippen molar-refractivity contribution >= 4 is 11.6 Å². The first-order chi connectivity index (χ1) is 10.0. The third-order valence-corrected chi connectivity index (χ3v) is 3.68. The number of hydrogen-bond donors (Lipinski definition) is 2. The van der Waals surface area contributed by atoms with Crippen LogP contribution in [0.3, 0.4) is 0 Å². The fraction of sp³-hybridized carbons (Fsp3) is 0.235. The standard InChI is InChI=1S/C17H20N2O2/c1-12(16(18)13-6-4-3-5-7-13)17(21)19(2)14-8-10-15(20)11-9-14/h3-12,16,20H,18H2,1-2H3. The van der Waals surface area contributed by atoms with Crippen molar-refractivity contribution in [3.8, 4) is 5.75 Å². The van der Waals surface area contributed by atoms with Gasteiger partial charge in [0, 0.05) is 18.8 Å². The molecule has 0 heterocycles. The average Bonchev–Trinajstić information content (AvgIpc) is 2.53. The van der Waals surface area contributed by atoms with Gasteiger partial charge in [0.2, 0.25) is 5.91 Å². The van der Waals surface area contributed by atoms with Gasteiger partial charge in [-0.05, 0) is 29.8 Å². The van der Waals surface area contributed by atoms with Gasteiger partial charge >= 0.3 is 0 Å². The number of hydrogen-bond acceptors (Lipinski definition) is 3. The van der Waals surface area contributed by atoms with E-state index in [2.05, 4.69) is 0 Å². The topological polar surface area (TPSA) is 66.6 Å². The van der Waals surface area contributed by atoms with Crippen LogP contribution in [-0.4, -0.2) is 18.1 Å². The van der Waals surface area contributed by atoms with E-state index in [1.807, 2.05) is 37.3 Å². The number of benzene rings is 2. The molecule has 0 aliphatic carbocycles. The lowest BCUT2D eigenvalue weighted by Gasteiger charge is -2.25. The van der Waals surface area contributed by atoms with Crippen LogP contribution in [0.4, 0.5) is 5.69 Å². The largest absolute Gasteiger partial charge is 0.508 e. The van der Waals surface area contributed by atoms with Gasteiger partial charge in [0.1, 0.15) is 5.75 Å². The number of nitrogens with zero attached hydrogens (tertiary/aromatic N) is 1. The van der Waals surface area contributed by atoms with E-state index in [0.717, 1.165) is 11.3 Å². The lowest BCUT2D eigenvalue weighted by molar-refractivity contribution is -0.122. The molecule has 110 valence electrons. The molecule has 4 nitrogen and oxygen atoms in total. The molecular weight excluding hydrogens is 264 g/mol. The van der Waals surface area contributed by atoms with Gasteiger partial charge in [0.15, 0.2) is 0 Å². The van der Waals surface area contributed by atoms with E-state index in [0.29, 0.717) is 0 Å². The second kappa shape index (κ2) is 6.41. The molecule has 4 heteroatoms. The molecule has 3 N–H and O–H groups in total. The Balaban J connectivity index is 2.13. The van der Waals surface area contributed by atoms with Crippen LogP contribution < -0.4 is 10.6 Å². The quantitative estimate of drug-likeness (QED) is 0.907. The minimum atomic E-state index is -0.349. The number of aromatic hydroxyl groups is 1. The summed E-state index contributed by atoms with van der Waals surface area (Å²) < 4.78 is 0. The van der Waals surface area contributed by atoms with Gasteiger partial charge in [0.25, 0.3) is 0 Å². The minimum Gasteiger partial charge on any atom is -0.508 e. The predicted octanol–water partition coefficient (Wildman–Crippen LogP) is 2.69. The van der Waals surface area contributed by atoms with Crippen molar-refractivity contribution in [2.24, 2.45) is 11.7 Å². The zero-order valence-electron chi connectivity index (χ0n) is 12.2. The summed E-state index contributed by atoms with van der Waals surface area (Å²) in [7, 11) is 1.71. The van der Waals surface area contributed by atoms with Gasteiger partial charge in [0.05, 0.1) is 5.92 Å². The Kier molecular flexibility index (Phi) is 4.60. The Hall–Kier alpha value is -2.33. The van der Waals surface area contributed by atoms with Crippen LogP contribution in [0.2, 0.25) is 0 Å². The maximum absolute atomic E-state index is 12.5. The summed E-state index contributed by atoms with van der Waals surface area (Å²) in [6, 6.07) is 15.8. The Morgan fingerprint density at radius 1 is 1.10 bits per heavy atom. The van der Waals surface area contributed by atoms with E-state index in [1.165, 1.54) is 0 Å². The number of anilines is 1. The number of rotatable bonds is 4. The molecule has 0 saturated heterocycles. The van der Waals surface area contributed by atoms with E-state index in [1.54, 1.807) is 36.2 Å². The lowest BCUT2D eigenvalue weighted by atomic mass is 9.94. The van der Waals surface area contributed by atoms with Crippen molar-refractivity contribution in [2.75, 3.05) is 11.9 Å². The molecule has 0 fully saturated rings. The van der Waals surface area contributed by atoms with E-state index in [4.69, 9.17) is 5.73 Å². The fourth-order valence-corrected chi connectivity index (χ4v) is 2.23. The molecule has 0 radical (unpaired) electrons. The molecule has 0 aliphatic heterocycles. The molecular formula is C17H20N2O2. The second-order valence-corrected chi connectivity index (χ2v) is 5.14. The average molecular weight is 284 g/mol. The van der Waals surface area contributed by atoms with Crippen molar-refractivity contribution in [3.63, 3.8) is 0 Å². The summed E-state index contributed by atoms with van der Waals surface area (Å²) in [6.45, 7) is 1.83. The highest BCUT2D eigenvalue weighted by Crippen LogP contribution is 2.24. The smallest absolute Gasteiger partial charge is 0.231 e. The molecule has 1 amide bonds. The van der Waals surface area contributed by atoms with Crippen LogP contribution in [-0.2, 0) is 4.79 Å². The second-order valence-electron chi connectivity index (χ2n) is 5.14. The highest BCUT2D eigenvalue weighted by molar-refractivity contribution is 5.94. The molecule has 0 bridgehead atoms. The van der Waals surface area contributed by atoms with Gasteiger partial charge in [-0.15, -0.1) is 0 Å². The van der Waals surface area contributed by atoms with Crippen molar-refractivity contribution in [1.29, 1.82) is 0 Å². The number of nitrogens with two attached hydrogens (primary N) is 1. The van der Waals surface area contributed by atoms with Crippen molar-refractivity contribution in [2.45, 2.75) is 13.0 Å². The zero-order valence-corrected chi connectivity index (χ0v) is 12.2. The Morgan fingerprint density at radius 2 is 1.67 bits per heavy atom. The molecule has 0 spiro atoms. The number of carbonyl (C=O) groups is 1. The van der Waals surface area contributed by atoms with E-state index in [-0.39, 0.29) is 23.6 Å². The summed E-state index contributed by atoms with van der Waals surface area (Å²) in [5, 5.41) is 9.30. The Labute approximate surface area is 124 Å². The minimum absolute atomic E-state index is 0.0583. The summed E-state index contributed by atoms with van der Waals surface area (Å²) in [6.07, 6.45) is 0. The SMILES string of the molecule is CC(C(=O)N(C)c1ccc(O)cc1)C(N)c1ccccc1. The maximum Gasteiger partial charge on any atom is 0.231 e. The van der Waals surface area contributed by atoms with Gasteiger partial charge in [-0.2, -0.15) is 0 Å². The molecule has 2 aromatic rings. The van der Waals surface area contributed by atoms with Crippen LogP contribution in [0.1, 0.15) is 18.5 Å². The molecule has 2 aromatic carbocycles. The number of carbonyl (C=O) groups excluding carboxylic acids is 1. The van der Waals surface area contributed by atoms with Crippen LogP contribution in [0.15, 0.2) is 54.6 Å². The van der Waals surface area contributed by atoms with Crippen molar-refractivity contribution < 1.29 is 9.90 Å². The first-order valence-electron chi connectivity index (χ1n) is 6.88. The highest BCUT2D eigenvalue weighted by atomic mass is 16.3. The Bertz CT molecular complexity index is 596. The third-order valence-electron chi connectivity index (χ3n) is 3.68. The summed E-state index contributed by atoms with van der Waals surface area (Å²) in [5.41, 5.74) is 7.86. The number of amides is 1. The predicted molar refractivity (Wildman–Crippen MR) is 84.1 cm³/mol. The normalized spacial score (nSPS) is 13.5. The van der Waals surface area contributed by atoms with E-state index < -0.39 is 0 Å². The van der Waals surface area contributed by atoms with Crippen molar-refractivity contribution in [1.82, 2.24) is 0 Å². The van der Waals surface area contributed by atoms with Crippen molar-refractivity contribution in [3.05, 3.63) is 60.2 Å². The monoisotopic (exact) mass is 284 g/mol. The van der Waals surface area contributed by atoms with Crippen LogP contribution in [0, 0.1) is 5.92 Å². The maximum atomic E-state index is 12.5. The highest BCUT2D eigenvalue weighted by Gasteiger charge is 2.25. The molecule has 2 unspecified atom stereocenters. The number of phenolic OH excluding ortho intramolecular Hbond substituents is 1. The molecule has 0 aliphatic rings. The molecule has 0 aromatic heterocycles. The van der Waals surface area contributed by atoms with Gasteiger partial charge in [-0.25, -0.2) is 0 Å². The third kappa shape index (κ3) is 3.41. The van der Waals surface area contributed by atoms with Crippen LogP contribution in [0.25, 0.3) is 0 Å². The molecule has 0 saturated carbocycles. The fourth-order valence-electron chi connectivity index (χ4n) is 2.23. The molecule has 21 heavy (non-hydrogen) atoms. The molecule has 2 rings (SSSR count). The van der Waals surface area contributed by atoms with E-state index >= 15 is 0 Å². The molecule has 2 atom stereocenters. The first kappa shape index (κ1) is 15.1. The summed E-state index contributed by atoms with van der Waals surface area (Å²) in [5.74, 6) is -0.225. The Morgan fingerprint density at radius 3 is 2.24 bits per heavy atom. The van der Waals surface area contributed by atoms with Gasteiger partial charge < -0.3 is 15.7 Å². The van der Waals surface area contributed by atoms with E-state index in [9.17, 15) is 9.90 Å². The van der Waals surface area contributed by atoms with Gasteiger partial charge in [-0.3, -0.25) is 4.79 Å². The summed E-state index contributed by atoms with van der Waals surface area (Å²) in [4.78, 5) is 14.1. The lowest BCUT2D eigenvalue weighted by Crippen LogP contribution is -2.37. The van der Waals surface area contributed by atoms with Gasteiger partial charge in [-0.1, -0.05) is 37.3 Å². The summed E-state index contributed by atoms with van der Waals surface area (Å²) >= 11 is 0. The zero-order chi connectivity index (χ0) is 15.4. The van der Waals surface area contributed by atoms with Crippen LogP contribution >= 0.6 is 0 Å². The van der Waals surface area contributed by atoms with Crippen LogP contribution in [0.5, 0.6) is 5.75 Å².